The maximum Gasteiger partial charge on any atom is 0.254 e. The van der Waals surface area contributed by atoms with E-state index in [1.165, 1.54) is 19.2 Å². The van der Waals surface area contributed by atoms with Crippen molar-refractivity contribution in [2.24, 2.45) is 0 Å². The highest BCUT2D eigenvalue weighted by Gasteiger charge is 2.33. The largest absolute Gasteiger partial charge is 0.375 e. The van der Waals surface area contributed by atoms with Gasteiger partial charge in [-0.15, -0.1) is 0 Å². The minimum atomic E-state index is -0.807. The van der Waals surface area contributed by atoms with Crippen LogP contribution in [0, 0.1) is 17.1 Å². The number of rotatable bonds is 5. The SMILES string of the molecule is CNC(=O)c1cc(-c2ccc3cnc(CNC(=O)c4ccc5c(c4)[C@](C)(C#N)COC5)cc3n2)ccc1F. The van der Waals surface area contributed by atoms with Crippen LogP contribution < -0.4 is 10.6 Å². The highest BCUT2D eigenvalue weighted by atomic mass is 19.1. The summed E-state index contributed by atoms with van der Waals surface area (Å²) < 4.78 is 19.6. The Morgan fingerprint density at radius 1 is 1.13 bits per heavy atom. The Hall–Kier alpha value is -4.68. The molecule has 0 saturated heterocycles. The quantitative estimate of drug-likeness (QED) is 0.420. The van der Waals surface area contributed by atoms with Gasteiger partial charge < -0.3 is 15.4 Å². The van der Waals surface area contributed by atoms with Crippen LogP contribution in [0.25, 0.3) is 22.2 Å². The fraction of sp³-hybridized carbons (Fsp3) is 0.207. The van der Waals surface area contributed by atoms with Gasteiger partial charge in [-0.05, 0) is 66.6 Å². The molecule has 2 N–H and O–H groups in total. The van der Waals surface area contributed by atoms with Crippen molar-refractivity contribution in [3.63, 3.8) is 0 Å². The van der Waals surface area contributed by atoms with Crippen molar-refractivity contribution in [3.05, 3.63) is 94.6 Å². The Bertz CT molecular complexity index is 1630. The molecule has 4 aromatic rings. The van der Waals surface area contributed by atoms with Crippen molar-refractivity contribution in [2.75, 3.05) is 13.7 Å². The number of halogens is 1. The number of nitrogens with zero attached hydrogens (tertiary/aromatic N) is 3. The number of hydrogen-bond donors (Lipinski definition) is 2. The summed E-state index contributed by atoms with van der Waals surface area (Å²) in [5.41, 5.74) is 3.71. The van der Waals surface area contributed by atoms with Crippen molar-refractivity contribution in [1.29, 1.82) is 5.26 Å². The number of nitriles is 1. The van der Waals surface area contributed by atoms with Crippen LogP contribution in [0.2, 0.25) is 0 Å². The molecule has 3 heterocycles. The van der Waals surface area contributed by atoms with Gasteiger partial charge in [-0.2, -0.15) is 5.26 Å². The highest BCUT2D eigenvalue weighted by Crippen LogP contribution is 2.32. The van der Waals surface area contributed by atoms with E-state index in [2.05, 4.69) is 26.7 Å². The zero-order valence-electron chi connectivity index (χ0n) is 20.8. The summed E-state index contributed by atoms with van der Waals surface area (Å²) >= 11 is 0. The van der Waals surface area contributed by atoms with Crippen LogP contribution in [0.4, 0.5) is 4.39 Å². The summed E-state index contributed by atoms with van der Waals surface area (Å²) in [6.45, 7) is 2.67. The van der Waals surface area contributed by atoms with Crippen molar-refractivity contribution in [2.45, 2.75) is 25.5 Å². The van der Waals surface area contributed by atoms with Crippen molar-refractivity contribution in [3.8, 4) is 17.3 Å². The summed E-state index contributed by atoms with van der Waals surface area (Å²) in [7, 11) is 1.44. The van der Waals surface area contributed by atoms with Gasteiger partial charge in [0.15, 0.2) is 0 Å². The number of nitrogens with one attached hydrogen (secondary N) is 2. The van der Waals surface area contributed by atoms with Gasteiger partial charge in [0, 0.05) is 29.8 Å². The zero-order chi connectivity index (χ0) is 26.9. The molecule has 0 radical (unpaired) electrons. The Labute approximate surface area is 218 Å². The Kier molecular flexibility index (Phi) is 6.57. The van der Waals surface area contributed by atoms with E-state index in [4.69, 9.17) is 4.74 Å². The first-order valence-electron chi connectivity index (χ1n) is 12.0. The molecule has 0 unspecified atom stereocenters. The van der Waals surface area contributed by atoms with E-state index < -0.39 is 17.1 Å². The molecule has 38 heavy (non-hydrogen) atoms. The second-order valence-corrected chi connectivity index (χ2v) is 9.33. The standard InChI is InChI=1S/C29H24FN5O3/c1-29(15-31)16-38-14-20-4-3-18(10-23(20)29)27(36)34-13-21-11-26-19(12-33-21)6-8-25(35-26)17-5-7-24(30)22(9-17)28(37)32-2/h3-12H,13-14,16H2,1-2H3,(H,32,37)(H,34,36)/t29-/m1/s1. The first-order valence-corrected chi connectivity index (χ1v) is 12.0. The molecule has 0 bridgehead atoms. The van der Waals surface area contributed by atoms with Crippen molar-refractivity contribution < 1.29 is 18.7 Å². The minimum Gasteiger partial charge on any atom is -0.375 e. The lowest BCUT2D eigenvalue weighted by Gasteiger charge is -2.30. The molecule has 190 valence electrons. The minimum absolute atomic E-state index is 0.0604. The maximum atomic E-state index is 14.1. The van der Waals surface area contributed by atoms with E-state index in [1.807, 2.05) is 12.1 Å². The fourth-order valence-electron chi connectivity index (χ4n) is 4.47. The van der Waals surface area contributed by atoms with Crippen LogP contribution in [0.5, 0.6) is 0 Å². The molecule has 2 amide bonds. The Balaban J connectivity index is 1.36. The molecule has 0 aliphatic carbocycles. The highest BCUT2D eigenvalue weighted by molar-refractivity contribution is 5.96. The lowest BCUT2D eigenvalue weighted by atomic mass is 9.79. The maximum absolute atomic E-state index is 14.1. The molecule has 5 rings (SSSR count). The number of carbonyl (C=O) groups is 2. The first-order chi connectivity index (χ1) is 18.3. The van der Waals surface area contributed by atoms with E-state index in [-0.39, 0.29) is 24.6 Å². The van der Waals surface area contributed by atoms with E-state index in [1.54, 1.807) is 43.5 Å². The lowest BCUT2D eigenvalue weighted by molar-refractivity contribution is 0.0757. The van der Waals surface area contributed by atoms with Crippen LogP contribution in [-0.4, -0.2) is 35.4 Å². The zero-order valence-corrected chi connectivity index (χ0v) is 20.8. The molecule has 0 saturated carbocycles. The molecular formula is C29H24FN5O3. The van der Waals surface area contributed by atoms with Gasteiger partial charge in [0.25, 0.3) is 11.8 Å². The summed E-state index contributed by atoms with van der Waals surface area (Å²) in [6.07, 6.45) is 1.67. The molecule has 2 aromatic heterocycles. The number of hydrogen-bond acceptors (Lipinski definition) is 6. The van der Waals surface area contributed by atoms with Crippen LogP contribution >= 0.6 is 0 Å². The topological polar surface area (TPSA) is 117 Å². The normalized spacial score (nSPS) is 16.4. The first kappa shape index (κ1) is 25.0. The summed E-state index contributed by atoms with van der Waals surface area (Å²) in [6, 6.07) is 17.3. The predicted octanol–water partition coefficient (Wildman–Crippen LogP) is 4.04. The number of amides is 2. The number of pyridine rings is 2. The van der Waals surface area contributed by atoms with E-state index in [0.717, 1.165) is 16.5 Å². The smallest absolute Gasteiger partial charge is 0.254 e. The third-order valence-corrected chi connectivity index (χ3v) is 6.66. The van der Waals surface area contributed by atoms with Crippen LogP contribution in [0.15, 0.2) is 60.8 Å². The van der Waals surface area contributed by atoms with E-state index >= 15 is 0 Å². The Morgan fingerprint density at radius 3 is 2.76 bits per heavy atom. The molecule has 1 atom stereocenters. The van der Waals surface area contributed by atoms with E-state index in [9.17, 15) is 19.2 Å². The van der Waals surface area contributed by atoms with Crippen LogP contribution in [0.1, 0.15) is 44.5 Å². The van der Waals surface area contributed by atoms with Gasteiger partial charge in [0.05, 0.1) is 48.3 Å². The summed E-state index contributed by atoms with van der Waals surface area (Å²) in [5, 5.41) is 15.8. The molecule has 1 aliphatic heterocycles. The van der Waals surface area contributed by atoms with Crippen LogP contribution in [0.3, 0.4) is 0 Å². The molecule has 8 nitrogen and oxygen atoms in total. The fourth-order valence-corrected chi connectivity index (χ4v) is 4.47. The van der Waals surface area contributed by atoms with Crippen molar-refractivity contribution >= 4 is 22.7 Å². The molecule has 0 spiro atoms. The molecule has 9 heteroatoms. The van der Waals surface area contributed by atoms with E-state index in [0.29, 0.717) is 34.6 Å². The lowest BCUT2D eigenvalue weighted by Crippen LogP contribution is -2.33. The third-order valence-electron chi connectivity index (χ3n) is 6.66. The molecule has 0 fully saturated rings. The Morgan fingerprint density at radius 2 is 1.97 bits per heavy atom. The predicted molar refractivity (Wildman–Crippen MR) is 139 cm³/mol. The third kappa shape index (κ3) is 4.69. The number of benzene rings is 2. The average molecular weight is 510 g/mol. The van der Waals surface area contributed by atoms with Gasteiger partial charge in [0.1, 0.15) is 11.2 Å². The van der Waals surface area contributed by atoms with Crippen LogP contribution in [-0.2, 0) is 23.3 Å². The molecular weight excluding hydrogens is 485 g/mol. The summed E-state index contributed by atoms with van der Waals surface area (Å²) in [5.74, 6) is -1.41. The van der Waals surface area contributed by atoms with Gasteiger partial charge in [-0.25, -0.2) is 9.37 Å². The second kappa shape index (κ2) is 10.00. The summed E-state index contributed by atoms with van der Waals surface area (Å²) in [4.78, 5) is 34.0. The number of fused-ring (bicyclic) bond motifs is 2. The molecule has 1 aliphatic rings. The van der Waals surface area contributed by atoms with Gasteiger partial charge in [0.2, 0.25) is 0 Å². The monoisotopic (exact) mass is 509 g/mol. The number of ether oxygens (including phenoxy) is 1. The van der Waals surface area contributed by atoms with Gasteiger partial charge in [-0.3, -0.25) is 14.6 Å². The number of carbonyl (C=O) groups excluding carboxylic acids is 2. The van der Waals surface area contributed by atoms with Crippen molar-refractivity contribution in [1.82, 2.24) is 20.6 Å². The molecule has 2 aromatic carbocycles. The van der Waals surface area contributed by atoms with Gasteiger partial charge in [-0.1, -0.05) is 6.07 Å². The van der Waals surface area contributed by atoms with Gasteiger partial charge >= 0.3 is 0 Å². The number of aromatic nitrogens is 2. The average Bonchev–Trinajstić information content (AvgIpc) is 2.95. The second-order valence-electron chi connectivity index (χ2n) is 9.33.